The fourth-order valence-corrected chi connectivity index (χ4v) is 10.8. The Balaban J connectivity index is 1.00. The van der Waals surface area contributed by atoms with E-state index in [1.165, 1.54) is 131 Å². The van der Waals surface area contributed by atoms with Gasteiger partial charge in [0.05, 0.1) is 0 Å². The third-order valence-electron chi connectivity index (χ3n) is 13.6. The lowest BCUT2D eigenvalue weighted by Crippen LogP contribution is -1.92. The van der Waals surface area contributed by atoms with Gasteiger partial charge in [-0.15, -0.1) is 0 Å². The summed E-state index contributed by atoms with van der Waals surface area (Å²) in [5.74, 6) is 0. The highest BCUT2D eigenvalue weighted by Crippen LogP contribution is 2.47. The smallest absolute Gasteiger partial charge is 0.00261 e. The Labute approximate surface area is 371 Å². The number of fused-ring (bicyclic) bond motifs is 8. The first-order valence-corrected chi connectivity index (χ1v) is 22.2. The van der Waals surface area contributed by atoms with Crippen LogP contribution in [0.3, 0.4) is 0 Å². The fourth-order valence-electron chi connectivity index (χ4n) is 10.8. The first kappa shape index (κ1) is 36.3. The average molecular weight is 809 g/mol. The second kappa shape index (κ2) is 14.7. The van der Waals surface area contributed by atoms with E-state index < -0.39 is 0 Å². The van der Waals surface area contributed by atoms with Gasteiger partial charge in [0, 0.05) is 0 Å². The molecule has 0 bridgehead atoms. The topological polar surface area (TPSA) is 0 Å². The second-order valence-electron chi connectivity index (χ2n) is 17.1. The van der Waals surface area contributed by atoms with Crippen molar-refractivity contribution in [2.75, 3.05) is 0 Å². The van der Waals surface area contributed by atoms with Gasteiger partial charge in [-0.2, -0.15) is 0 Å². The highest BCUT2D eigenvalue weighted by Gasteiger charge is 2.20. The quantitative estimate of drug-likeness (QED) is 0.120. The second-order valence-corrected chi connectivity index (χ2v) is 17.1. The van der Waals surface area contributed by atoms with Crippen LogP contribution >= 0.6 is 0 Å². The maximum atomic E-state index is 2.45. The van der Waals surface area contributed by atoms with E-state index in [0.717, 1.165) is 0 Å². The molecule has 0 saturated carbocycles. The Morgan fingerprint density at radius 1 is 0.156 bits per heavy atom. The first-order valence-electron chi connectivity index (χ1n) is 22.2. The normalized spacial score (nSPS) is 11.8. The zero-order valence-corrected chi connectivity index (χ0v) is 35.1. The highest BCUT2D eigenvalue weighted by molar-refractivity contribution is 6.24. The van der Waals surface area contributed by atoms with Crippen LogP contribution in [0, 0.1) is 0 Å². The Bertz CT molecular complexity index is 3870. The predicted octanol–water partition coefficient (Wildman–Crippen LogP) is 18.1. The largest absolute Gasteiger partial charge is 0.0622 e. The number of rotatable bonds is 5. The molecule has 0 fully saturated rings. The van der Waals surface area contributed by atoms with Crippen molar-refractivity contribution in [3.05, 3.63) is 243 Å². The van der Waals surface area contributed by atoms with E-state index >= 15 is 0 Å². The molecule has 0 saturated heterocycles. The van der Waals surface area contributed by atoms with Gasteiger partial charge in [0.25, 0.3) is 0 Å². The van der Waals surface area contributed by atoms with Gasteiger partial charge in [-0.25, -0.2) is 0 Å². The van der Waals surface area contributed by atoms with Crippen molar-refractivity contribution in [3.63, 3.8) is 0 Å². The Hall–Kier alpha value is -8.32. The summed E-state index contributed by atoms with van der Waals surface area (Å²) in [7, 11) is 0. The van der Waals surface area contributed by atoms with Gasteiger partial charge in [-0.3, -0.25) is 0 Å². The summed E-state index contributed by atoms with van der Waals surface area (Å²) >= 11 is 0. The molecule has 0 heteroatoms. The molecule has 0 nitrogen and oxygen atoms in total. The summed E-state index contributed by atoms with van der Waals surface area (Å²) in [5.41, 5.74) is 12.5. The monoisotopic (exact) mass is 808 g/mol. The Morgan fingerprint density at radius 2 is 0.453 bits per heavy atom. The van der Waals surface area contributed by atoms with E-state index in [9.17, 15) is 0 Å². The van der Waals surface area contributed by atoms with Gasteiger partial charge in [-0.1, -0.05) is 231 Å². The van der Waals surface area contributed by atoms with E-state index in [1.807, 2.05) is 0 Å². The lowest BCUT2D eigenvalue weighted by molar-refractivity contribution is 1.63. The number of benzene rings is 13. The minimum Gasteiger partial charge on any atom is -0.0622 e. The molecule has 13 aromatic rings. The van der Waals surface area contributed by atoms with Gasteiger partial charge < -0.3 is 0 Å². The molecule has 0 unspecified atom stereocenters. The minimum absolute atomic E-state index is 1.22. The summed E-state index contributed by atoms with van der Waals surface area (Å²) in [5, 5.41) is 17.6. The third-order valence-corrected chi connectivity index (χ3v) is 13.6. The van der Waals surface area contributed by atoms with Crippen LogP contribution in [0.2, 0.25) is 0 Å². The Morgan fingerprint density at radius 3 is 0.906 bits per heavy atom. The molecular formula is C64H40. The molecule has 0 atom stereocenters. The van der Waals surface area contributed by atoms with Gasteiger partial charge in [0.1, 0.15) is 0 Å². The summed E-state index contributed by atoms with van der Waals surface area (Å²) in [6.45, 7) is 0. The molecule has 13 rings (SSSR count). The molecular weight excluding hydrogens is 769 g/mol. The van der Waals surface area contributed by atoms with Crippen LogP contribution in [0.4, 0.5) is 0 Å². The van der Waals surface area contributed by atoms with E-state index in [-0.39, 0.29) is 0 Å². The van der Waals surface area contributed by atoms with Crippen molar-refractivity contribution in [2.45, 2.75) is 0 Å². The molecule has 0 amide bonds. The van der Waals surface area contributed by atoms with Gasteiger partial charge in [0.2, 0.25) is 0 Å². The summed E-state index contributed by atoms with van der Waals surface area (Å²) < 4.78 is 0. The summed E-state index contributed by atoms with van der Waals surface area (Å²) in [6.07, 6.45) is 0. The lowest BCUT2D eigenvalue weighted by atomic mass is 9.84. The van der Waals surface area contributed by atoms with Gasteiger partial charge >= 0.3 is 0 Å². The van der Waals surface area contributed by atoms with Crippen LogP contribution in [0.15, 0.2) is 243 Å². The van der Waals surface area contributed by atoms with Crippen molar-refractivity contribution in [2.24, 2.45) is 0 Å². The van der Waals surface area contributed by atoms with Crippen LogP contribution in [-0.2, 0) is 0 Å². The molecule has 64 heavy (non-hydrogen) atoms. The maximum absolute atomic E-state index is 2.45. The minimum atomic E-state index is 1.22. The molecule has 296 valence electrons. The molecule has 0 aliphatic heterocycles. The fraction of sp³-hybridized carbons (Fsp3) is 0. The van der Waals surface area contributed by atoms with E-state index in [0.29, 0.717) is 0 Å². The molecule has 0 aromatic heterocycles. The van der Waals surface area contributed by atoms with Crippen molar-refractivity contribution < 1.29 is 0 Å². The summed E-state index contributed by atoms with van der Waals surface area (Å²) in [6, 6.07) is 89.9. The van der Waals surface area contributed by atoms with E-state index in [4.69, 9.17) is 0 Å². The van der Waals surface area contributed by atoms with Crippen LogP contribution in [0.1, 0.15) is 0 Å². The van der Waals surface area contributed by atoms with Crippen molar-refractivity contribution in [1.29, 1.82) is 0 Å². The molecule has 0 aliphatic carbocycles. The van der Waals surface area contributed by atoms with E-state index in [2.05, 4.69) is 243 Å². The Kier molecular flexibility index (Phi) is 8.32. The van der Waals surface area contributed by atoms with E-state index in [1.54, 1.807) is 0 Å². The molecule has 0 spiro atoms. The standard InChI is InChI=1S/C64H40/c1-2-16-45(17-3-1)61-51-20-6-10-24-55(51)63(56-25-11-7-21-52(56)61)47-37-33-43-29-30-44-34-38-48(40-60(44)59(43)39-47)64-57-26-12-8-22-53(57)62(54-23-9-13-27-58(54)64)46-35-31-42(32-36-46)50-28-14-18-41-15-4-5-19-49(41)50/h1-40H. The zero-order chi connectivity index (χ0) is 42.1. The highest BCUT2D eigenvalue weighted by atomic mass is 14.2. The molecule has 0 heterocycles. The maximum Gasteiger partial charge on any atom is -0.00261 e. The van der Waals surface area contributed by atoms with Crippen LogP contribution in [0.5, 0.6) is 0 Å². The van der Waals surface area contributed by atoms with Gasteiger partial charge in [0.15, 0.2) is 0 Å². The molecule has 13 aromatic carbocycles. The molecule has 0 radical (unpaired) electrons. The first-order chi connectivity index (χ1) is 31.8. The molecule has 0 aliphatic rings. The number of hydrogen-bond acceptors (Lipinski definition) is 0. The lowest BCUT2D eigenvalue weighted by Gasteiger charge is -2.19. The van der Waals surface area contributed by atoms with Crippen molar-refractivity contribution in [1.82, 2.24) is 0 Å². The van der Waals surface area contributed by atoms with Crippen LogP contribution < -0.4 is 0 Å². The molecule has 0 N–H and O–H groups in total. The van der Waals surface area contributed by atoms with Crippen LogP contribution in [-0.4, -0.2) is 0 Å². The third kappa shape index (κ3) is 5.70. The average Bonchev–Trinajstić information content (AvgIpc) is 3.37. The number of hydrogen-bond donors (Lipinski definition) is 0. The SMILES string of the molecule is c1ccc(-c2c3ccccc3c(-c3ccc4ccc5ccc(-c6c7ccccc7c(-c7ccc(-c8cccc9ccccc89)cc7)c7ccccc67)cc5c4c3)c3ccccc23)cc1. The van der Waals surface area contributed by atoms with Crippen molar-refractivity contribution in [3.8, 4) is 55.6 Å². The van der Waals surface area contributed by atoms with Gasteiger partial charge in [-0.05, 0) is 143 Å². The van der Waals surface area contributed by atoms with Crippen LogP contribution in [0.25, 0.3) is 131 Å². The predicted molar refractivity (Wildman–Crippen MR) is 276 cm³/mol. The summed E-state index contributed by atoms with van der Waals surface area (Å²) in [4.78, 5) is 0. The van der Waals surface area contributed by atoms with Crippen molar-refractivity contribution >= 4 is 75.4 Å². The zero-order valence-electron chi connectivity index (χ0n) is 35.1.